The van der Waals surface area contributed by atoms with Crippen LogP contribution in [0.5, 0.6) is 0 Å². The van der Waals surface area contributed by atoms with Crippen molar-refractivity contribution in [2.24, 2.45) is 0 Å². The van der Waals surface area contributed by atoms with Crippen LogP contribution in [0.4, 0.5) is 0 Å². The molecule has 2 nitrogen and oxygen atoms in total. The number of piperazine rings is 1. The average Bonchev–Trinajstić information content (AvgIpc) is 2.41. The van der Waals surface area contributed by atoms with Crippen LogP contribution >= 0.6 is 0 Å². The molecule has 0 radical (unpaired) electrons. The van der Waals surface area contributed by atoms with Gasteiger partial charge in [0.2, 0.25) is 0 Å². The van der Waals surface area contributed by atoms with Crippen molar-refractivity contribution >= 4 is 0 Å². The van der Waals surface area contributed by atoms with Crippen molar-refractivity contribution in [3.8, 4) is 0 Å². The Morgan fingerprint density at radius 1 is 0.941 bits per heavy atom. The summed E-state index contributed by atoms with van der Waals surface area (Å²) in [6.07, 6.45) is 2.58. The van der Waals surface area contributed by atoms with Crippen LogP contribution in [0, 0.1) is 0 Å². The quantitative estimate of drug-likeness (QED) is 0.675. The number of hydrogen-bond acceptors (Lipinski definition) is 0. The fourth-order valence-electron chi connectivity index (χ4n) is 2.75. The van der Waals surface area contributed by atoms with Gasteiger partial charge in [-0.05, 0) is 18.9 Å². The van der Waals surface area contributed by atoms with Crippen LogP contribution in [0.3, 0.4) is 0 Å². The molecule has 0 bridgehead atoms. The second kappa shape index (κ2) is 6.77. The maximum absolute atomic E-state index is 2.30. The van der Waals surface area contributed by atoms with Crippen LogP contribution in [0.2, 0.25) is 0 Å². The average molecular weight is 234 g/mol. The molecule has 1 saturated heterocycles. The Bertz CT molecular complexity index is 302. The zero-order valence-electron chi connectivity index (χ0n) is 11.0. The number of hydrogen-bond donors (Lipinski definition) is 2. The fourth-order valence-corrected chi connectivity index (χ4v) is 2.75. The molecule has 17 heavy (non-hydrogen) atoms. The molecule has 0 unspecified atom stereocenters. The van der Waals surface area contributed by atoms with Crippen LogP contribution in [0.1, 0.15) is 18.9 Å². The highest BCUT2D eigenvalue weighted by Gasteiger charge is 2.20. The maximum atomic E-state index is 2.30. The minimum atomic E-state index is 1.24. The van der Waals surface area contributed by atoms with Crippen molar-refractivity contribution in [1.29, 1.82) is 0 Å². The molecule has 0 saturated carbocycles. The zero-order valence-corrected chi connectivity index (χ0v) is 11.0. The number of rotatable bonds is 5. The van der Waals surface area contributed by atoms with Gasteiger partial charge in [-0.2, -0.15) is 0 Å². The molecule has 1 heterocycles. The first-order valence-electron chi connectivity index (χ1n) is 7.09. The molecule has 0 aromatic heterocycles. The van der Waals surface area contributed by atoms with Gasteiger partial charge in [-0.25, -0.2) is 0 Å². The SMILES string of the molecule is CC[NH+]1CC[NH+](CCCc2ccccc2)CC1. The van der Waals surface area contributed by atoms with Gasteiger partial charge in [0.25, 0.3) is 0 Å². The Kier molecular flexibility index (Phi) is 5.02. The lowest BCUT2D eigenvalue weighted by Crippen LogP contribution is -3.28. The molecule has 2 rings (SSSR count). The van der Waals surface area contributed by atoms with Crippen LogP contribution in [0.15, 0.2) is 30.3 Å². The van der Waals surface area contributed by atoms with Crippen molar-refractivity contribution in [3.05, 3.63) is 35.9 Å². The number of aryl methyl sites for hydroxylation is 1. The van der Waals surface area contributed by atoms with E-state index in [2.05, 4.69) is 37.3 Å². The van der Waals surface area contributed by atoms with Crippen LogP contribution in [0.25, 0.3) is 0 Å². The first-order valence-corrected chi connectivity index (χ1v) is 7.09. The second-order valence-corrected chi connectivity index (χ2v) is 5.19. The van der Waals surface area contributed by atoms with Gasteiger partial charge in [-0.1, -0.05) is 30.3 Å². The molecular formula is C15H26N2+2. The van der Waals surface area contributed by atoms with Crippen molar-refractivity contribution in [2.45, 2.75) is 19.8 Å². The highest BCUT2D eigenvalue weighted by Crippen LogP contribution is 2.00. The van der Waals surface area contributed by atoms with Crippen molar-refractivity contribution in [2.75, 3.05) is 39.3 Å². The lowest BCUT2D eigenvalue weighted by molar-refractivity contribution is -1.01. The second-order valence-electron chi connectivity index (χ2n) is 5.19. The van der Waals surface area contributed by atoms with E-state index in [-0.39, 0.29) is 0 Å². The summed E-state index contributed by atoms with van der Waals surface area (Å²) >= 11 is 0. The molecule has 1 fully saturated rings. The van der Waals surface area contributed by atoms with E-state index in [1.165, 1.54) is 57.7 Å². The third-order valence-electron chi connectivity index (χ3n) is 4.00. The molecule has 0 atom stereocenters. The maximum Gasteiger partial charge on any atom is 0.127 e. The standard InChI is InChI=1S/C15H24N2/c1-2-16-11-13-17(14-12-16)10-6-9-15-7-4-3-5-8-15/h3-5,7-8H,2,6,9-14H2,1H3/p+2. The first-order chi connectivity index (χ1) is 8.38. The van der Waals surface area contributed by atoms with E-state index in [1.54, 1.807) is 4.90 Å². The topological polar surface area (TPSA) is 8.88 Å². The van der Waals surface area contributed by atoms with Gasteiger partial charge in [0.15, 0.2) is 0 Å². The molecule has 0 amide bonds. The van der Waals surface area contributed by atoms with Gasteiger partial charge in [-0.15, -0.1) is 0 Å². The zero-order chi connectivity index (χ0) is 11.9. The first kappa shape index (κ1) is 12.6. The molecule has 0 spiro atoms. The van der Waals surface area contributed by atoms with Crippen molar-refractivity contribution in [1.82, 2.24) is 0 Å². The summed E-state index contributed by atoms with van der Waals surface area (Å²) in [6, 6.07) is 10.9. The predicted octanol–water partition coefficient (Wildman–Crippen LogP) is -0.577. The lowest BCUT2D eigenvalue weighted by Gasteiger charge is -2.28. The van der Waals surface area contributed by atoms with Crippen molar-refractivity contribution in [3.63, 3.8) is 0 Å². The van der Waals surface area contributed by atoms with Gasteiger partial charge >= 0.3 is 0 Å². The molecule has 1 aliphatic rings. The number of nitrogens with one attached hydrogen (secondary N) is 2. The summed E-state index contributed by atoms with van der Waals surface area (Å²) in [5.41, 5.74) is 1.49. The largest absolute Gasteiger partial charge is 0.326 e. The highest BCUT2D eigenvalue weighted by molar-refractivity contribution is 5.14. The summed E-state index contributed by atoms with van der Waals surface area (Å²) in [5.74, 6) is 0. The van der Waals surface area contributed by atoms with Gasteiger partial charge in [0.1, 0.15) is 26.2 Å². The van der Waals surface area contributed by atoms with Gasteiger partial charge < -0.3 is 9.80 Å². The third kappa shape index (κ3) is 4.14. The predicted molar refractivity (Wildman–Crippen MR) is 71.6 cm³/mol. The molecule has 1 aromatic carbocycles. The Morgan fingerprint density at radius 2 is 1.59 bits per heavy atom. The smallest absolute Gasteiger partial charge is 0.127 e. The van der Waals surface area contributed by atoms with E-state index in [9.17, 15) is 0 Å². The minimum absolute atomic E-state index is 1.24. The Labute approximate surface area is 105 Å². The lowest BCUT2D eigenvalue weighted by atomic mass is 10.1. The molecular weight excluding hydrogens is 208 g/mol. The van der Waals surface area contributed by atoms with E-state index in [1.807, 2.05) is 4.90 Å². The van der Waals surface area contributed by atoms with E-state index >= 15 is 0 Å². The number of benzene rings is 1. The van der Waals surface area contributed by atoms with E-state index in [4.69, 9.17) is 0 Å². The molecule has 1 aromatic rings. The van der Waals surface area contributed by atoms with E-state index < -0.39 is 0 Å². The Morgan fingerprint density at radius 3 is 2.24 bits per heavy atom. The van der Waals surface area contributed by atoms with Gasteiger partial charge in [-0.3, -0.25) is 0 Å². The normalized spacial score (nSPS) is 24.8. The summed E-state index contributed by atoms with van der Waals surface area (Å²) in [7, 11) is 0. The summed E-state index contributed by atoms with van der Waals surface area (Å²) < 4.78 is 0. The van der Waals surface area contributed by atoms with Crippen LogP contribution in [-0.4, -0.2) is 39.3 Å². The number of likely N-dealkylation sites (N-methyl/N-ethyl adjacent to an activating group) is 1. The molecule has 2 heteroatoms. The fraction of sp³-hybridized carbons (Fsp3) is 0.600. The highest BCUT2D eigenvalue weighted by atomic mass is 15.3. The molecule has 2 N–H and O–H groups in total. The Balaban J connectivity index is 1.63. The minimum Gasteiger partial charge on any atom is -0.326 e. The summed E-state index contributed by atoms with van der Waals surface area (Å²) in [6.45, 7) is 10.4. The van der Waals surface area contributed by atoms with Gasteiger partial charge in [0, 0.05) is 6.42 Å². The summed E-state index contributed by atoms with van der Waals surface area (Å²) in [4.78, 5) is 3.61. The molecule has 94 valence electrons. The van der Waals surface area contributed by atoms with E-state index in [0.29, 0.717) is 0 Å². The van der Waals surface area contributed by atoms with Crippen LogP contribution in [-0.2, 0) is 6.42 Å². The van der Waals surface area contributed by atoms with Crippen molar-refractivity contribution < 1.29 is 9.80 Å². The molecule has 0 aliphatic carbocycles. The Hall–Kier alpha value is -0.860. The number of quaternary nitrogens is 2. The van der Waals surface area contributed by atoms with E-state index in [0.717, 1.165) is 0 Å². The third-order valence-corrected chi connectivity index (χ3v) is 4.00. The van der Waals surface area contributed by atoms with Gasteiger partial charge in [0.05, 0.1) is 13.1 Å². The summed E-state index contributed by atoms with van der Waals surface area (Å²) in [5, 5.41) is 0. The van der Waals surface area contributed by atoms with Crippen LogP contribution < -0.4 is 9.80 Å². The molecule has 1 aliphatic heterocycles. The monoisotopic (exact) mass is 234 g/mol.